The van der Waals surface area contributed by atoms with Crippen LogP contribution in [0.25, 0.3) is 0 Å². The lowest BCUT2D eigenvalue weighted by Gasteiger charge is -2.31. The van der Waals surface area contributed by atoms with E-state index in [1.807, 2.05) is 0 Å². The normalized spacial score (nSPS) is 18.1. The summed E-state index contributed by atoms with van der Waals surface area (Å²) in [6.45, 7) is 2.04. The second-order valence-corrected chi connectivity index (χ2v) is 6.55. The Bertz CT molecular complexity index is 672. The van der Waals surface area contributed by atoms with Crippen LogP contribution < -0.4 is 4.90 Å². The first kappa shape index (κ1) is 13.7. The van der Waals surface area contributed by atoms with Crippen molar-refractivity contribution in [2.75, 3.05) is 25.5 Å². The maximum atomic E-state index is 4.62. The number of nitrogens with zero attached hydrogens (tertiary/aromatic N) is 4. The third-order valence-corrected chi connectivity index (χ3v) is 5.08. The molecule has 114 valence electrons. The van der Waals surface area contributed by atoms with Gasteiger partial charge in [-0.05, 0) is 31.0 Å². The molecular formula is C18H22N4. The third kappa shape index (κ3) is 2.28. The van der Waals surface area contributed by atoms with Gasteiger partial charge in [0.1, 0.15) is 12.1 Å². The molecule has 4 heteroatoms. The molecule has 0 fully saturated rings. The van der Waals surface area contributed by atoms with Crippen LogP contribution in [0.15, 0.2) is 30.6 Å². The standard InChI is InChI=1S/C18H22N4/c1-21-8-7-17-16(11-21)18(20-12-19-17)22(2)15-9-13-5-3-4-6-14(13)10-15/h3-6,12,15H,7-11H2,1-2H3. The van der Waals surface area contributed by atoms with Gasteiger partial charge in [0, 0.05) is 38.2 Å². The van der Waals surface area contributed by atoms with Crippen molar-refractivity contribution in [1.29, 1.82) is 0 Å². The molecule has 0 atom stereocenters. The van der Waals surface area contributed by atoms with Crippen molar-refractivity contribution in [1.82, 2.24) is 14.9 Å². The average Bonchev–Trinajstić information content (AvgIpc) is 2.97. The van der Waals surface area contributed by atoms with Gasteiger partial charge in [-0.25, -0.2) is 9.97 Å². The van der Waals surface area contributed by atoms with Gasteiger partial charge in [-0.15, -0.1) is 0 Å². The average molecular weight is 294 g/mol. The van der Waals surface area contributed by atoms with Crippen LogP contribution in [0.5, 0.6) is 0 Å². The van der Waals surface area contributed by atoms with Gasteiger partial charge >= 0.3 is 0 Å². The molecule has 0 amide bonds. The van der Waals surface area contributed by atoms with Gasteiger partial charge in [0.15, 0.2) is 0 Å². The molecular weight excluding hydrogens is 272 g/mol. The highest BCUT2D eigenvalue weighted by Crippen LogP contribution is 2.30. The van der Waals surface area contributed by atoms with E-state index in [2.05, 4.69) is 58.1 Å². The molecule has 0 radical (unpaired) electrons. The van der Waals surface area contributed by atoms with Crippen LogP contribution in [-0.2, 0) is 25.8 Å². The summed E-state index contributed by atoms with van der Waals surface area (Å²) in [6.07, 6.45) is 4.99. The van der Waals surface area contributed by atoms with E-state index in [0.29, 0.717) is 6.04 Å². The smallest absolute Gasteiger partial charge is 0.136 e. The van der Waals surface area contributed by atoms with Gasteiger partial charge in [0.2, 0.25) is 0 Å². The van der Waals surface area contributed by atoms with Crippen LogP contribution >= 0.6 is 0 Å². The van der Waals surface area contributed by atoms with E-state index in [-0.39, 0.29) is 0 Å². The van der Waals surface area contributed by atoms with Gasteiger partial charge in [-0.1, -0.05) is 24.3 Å². The Hall–Kier alpha value is -1.94. The summed E-state index contributed by atoms with van der Waals surface area (Å²) in [5.74, 6) is 1.12. The van der Waals surface area contributed by atoms with Crippen molar-refractivity contribution >= 4 is 5.82 Å². The zero-order valence-corrected chi connectivity index (χ0v) is 13.3. The maximum absolute atomic E-state index is 4.62. The highest BCUT2D eigenvalue weighted by atomic mass is 15.2. The Morgan fingerprint density at radius 1 is 1.14 bits per heavy atom. The maximum Gasteiger partial charge on any atom is 0.136 e. The predicted octanol–water partition coefficient (Wildman–Crippen LogP) is 2.07. The van der Waals surface area contributed by atoms with Crippen molar-refractivity contribution in [3.8, 4) is 0 Å². The van der Waals surface area contributed by atoms with Crippen LogP contribution in [0.3, 0.4) is 0 Å². The molecule has 0 saturated carbocycles. The molecule has 1 aliphatic heterocycles. The van der Waals surface area contributed by atoms with Crippen LogP contribution in [-0.4, -0.2) is 41.5 Å². The van der Waals surface area contributed by atoms with Crippen LogP contribution in [0, 0.1) is 0 Å². The molecule has 0 saturated heterocycles. The Balaban J connectivity index is 1.63. The van der Waals surface area contributed by atoms with Gasteiger partial charge in [0.05, 0.1) is 5.69 Å². The van der Waals surface area contributed by atoms with Crippen molar-refractivity contribution < 1.29 is 0 Å². The fourth-order valence-electron chi connectivity index (χ4n) is 3.75. The van der Waals surface area contributed by atoms with E-state index in [4.69, 9.17) is 0 Å². The van der Waals surface area contributed by atoms with E-state index in [1.165, 1.54) is 22.4 Å². The van der Waals surface area contributed by atoms with E-state index < -0.39 is 0 Å². The number of aromatic nitrogens is 2. The summed E-state index contributed by atoms with van der Waals surface area (Å²) >= 11 is 0. The van der Waals surface area contributed by atoms with Crippen LogP contribution in [0.4, 0.5) is 5.82 Å². The molecule has 0 spiro atoms. The lowest BCUT2D eigenvalue weighted by atomic mass is 10.1. The van der Waals surface area contributed by atoms with E-state index in [9.17, 15) is 0 Å². The zero-order valence-electron chi connectivity index (χ0n) is 13.3. The molecule has 0 unspecified atom stereocenters. The molecule has 1 aromatic heterocycles. The van der Waals surface area contributed by atoms with Crippen LogP contribution in [0.1, 0.15) is 22.4 Å². The molecule has 2 heterocycles. The SMILES string of the molecule is CN1CCc2ncnc(N(C)C3Cc4ccccc4C3)c2C1. The summed E-state index contributed by atoms with van der Waals surface area (Å²) in [5.41, 5.74) is 5.51. The van der Waals surface area contributed by atoms with Gasteiger partial charge in [-0.3, -0.25) is 0 Å². The Morgan fingerprint density at radius 2 is 1.86 bits per heavy atom. The molecule has 22 heavy (non-hydrogen) atoms. The Labute approximate surface area is 131 Å². The fraction of sp³-hybridized carbons (Fsp3) is 0.444. The van der Waals surface area contributed by atoms with Crippen molar-refractivity contribution in [3.63, 3.8) is 0 Å². The number of fused-ring (bicyclic) bond motifs is 2. The molecule has 0 bridgehead atoms. The first-order valence-corrected chi connectivity index (χ1v) is 8.03. The molecule has 2 aliphatic rings. The van der Waals surface area contributed by atoms with Crippen LogP contribution in [0.2, 0.25) is 0 Å². The summed E-state index contributed by atoms with van der Waals surface area (Å²) in [7, 11) is 4.36. The number of likely N-dealkylation sites (N-methyl/N-ethyl adjacent to an activating group) is 2. The lowest BCUT2D eigenvalue weighted by molar-refractivity contribution is 0.309. The van der Waals surface area contributed by atoms with E-state index in [1.54, 1.807) is 6.33 Å². The van der Waals surface area contributed by atoms with Gasteiger partial charge in [0.25, 0.3) is 0 Å². The van der Waals surface area contributed by atoms with Crippen molar-refractivity contribution in [2.24, 2.45) is 0 Å². The number of hydrogen-bond acceptors (Lipinski definition) is 4. The Kier molecular flexibility index (Phi) is 3.34. The largest absolute Gasteiger partial charge is 0.356 e. The lowest BCUT2D eigenvalue weighted by Crippen LogP contribution is -2.36. The number of hydrogen-bond donors (Lipinski definition) is 0. The summed E-state index contributed by atoms with van der Waals surface area (Å²) in [4.78, 5) is 13.8. The number of benzene rings is 1. The molecule has 1 aliphatic carbocycles. The second kappa shape index (κ2) is 5.36. The molecule has 1 aromatic carbocycles. The minimum absolute atomic E-state index is 0.503. The number of anilines is 1. The molecule has 4 nitrogen and oxygen atoms in total. The van der Waals surface area contributed by atoms with E-state index >= 15 is 0 Å². The quantitative estimate of drug-likeness (QED) is 0.849. The third-order valence-electron chi connectivity index (χ3n) is 5.08. The van der Waals surface area contributed by atoms with Gasteiger partial charge < -0.3 is 9.80 Å². The minimum Gasteiger partial charge on any atom is -0.356 e. The van der Waals surface area contributed by atoms with Gasteiger partial charge in [-0.2, -0.15) is 0 Å². The predicted molar refractivity (Wildman–Crippen MR) is 88.1 cm³/mol. The first-order chi connectivity index (χ1) is 10.7. The minimum atomic E-state index is 0.503. The second-order valence-electron chi connectivity index (χ2n) is 6.55. The molecule has 2 aromatic rings. The monoisotopic (exact) mass is 294 g/mol. The summed E-state index contributed by atoms with van der Waals surface area (Å²) in [6, 6.07) is 9.30. The van der Waals surface area contributed by atoms with Crippen molar-refractivity contribution in [3.05, 3.63) is 53.0 Å². The zero-order chi connectivity index (χ0) is 15.1. The van der Waals surface area contributed by atoms with Crippen molar-refractivity contribution in [2.45, 2.75) is 31.8 Å². The molecule has 4 rings (SSSR count). The highest BCUT2D eigenvalue weighted by molar-refractivity contribution is 5.51. The Morgan fingerprint density at radius 3 is 2.59 bits per heavy atom. The number of rotatable bonds is 2. The summed E-state index contributed by atoms with van der Waals surface area (Å²) < 4.78 is 0. The topological polar surface area (TPSA) is 32.3 Å². The highest BCUT2D eigenvalue weighted by Gasteiger charge is 2.28. The molecule has 0 N–H and O–H groups in total. The first-order valence-electron chi connectivity index (χ1n) is 8.03. The fourth-order valence-corrected chi connectivity index (χ4v) is 3.75. The summed E-state index contributed by atoms with van der Waals surface area (Å²) in [5, 5.41) is 0. The van der Waals surface area contributed by atoms with E-state index in [0.717, 1.165) is 38.2 Å².